The maximum absolute atomic E-state index is 9.74. The van der Waals surface area contributed by atoms with E-state index in [1.807, 2.05) is 0 Å². The lowest BCUT2D eigenvalue weighted by molar-refractivity contribution is 0.0737. The Morgan fingerprint density at radius 1 is 1.31 bits per heavy atom. The fourth-order valence-corrected chi connectivity index (χ4v) is 1.31. The maximum atomic E-state index is 9.74. The smallest absolute Gasteiger partial charge is 0.117 e. The number of benzene rings is 1. The van der Waals surface area contributed by atoms with Gasteiger partial charge in [0.05, 0.1) is 11.9 Å². The van der Waals surface area contributed by atoms with E-state index in [2.05, 4.69) is 10.3 Å². The molecule has 1 aromatic heterocycles. The summed E-state index contributed by atoms with van der Waals surface area (Å²) in [4.78, 5) is 0. The van der Waals surface area contributed by atoms with Crippen molar-refractivity contribution in [2.75, 3.05) is 0 Å². The van der Waals surface area contributed by atoms with Gasteiger partial charge in [0.15, 0.2) is 0 Å². The summed E-state index contributed by atoms with van der Waals surface area (Å²) in [5.74, 6) is 0.165. The van der Waals surface area contributed by atoms with Crippen LogP contribution in [0.1, 0.15) is 19.5 Å². The number of aromatic hydroxyl groups is 1. The molecule has 0 saturated heterocycles. The molecule has 0 atom stereocenters. The van der Waals surface area contributed by atoms with E-state index in [1.54, 1.807) is 44.3 Å². The van der Waals surface area contributed by atoms with E-state index in [1.165, 1.54) is 4.68 Å². The minimum atomic E-state index is -1.02. The van der Waals surface area contributed by atoms with E-state index in [9.17, 15) is 10.2 Å². The zero-order chi connectivity index (χ0) is 11.8. The van der Waals surface area contributed by atoms with Crippen molar-refractivity contribution in [2.45, 2.75) is 19.4 Å². The van der Waals surface area contributed by atoms with Gasteiger partial charge in [-0.1, -0.05) is 11.3 Å². The van der Waals surface area contributed by atoms with Crippen molar-refractivity contribution in [3.8, 4) is 11.4 Å². The average Bonchev–Trinajstić information content (AvgIpc) is 2.65. The Morgan fingerprint density at radius 3 is 2.62 bits per heavy atom. The minimum absolute atomic E-state index is 0.165. The number of hydrogen-bond donors (Lipinski definition) is 2. The van der Waals surface area contributed by atoms with Crippen LogP contribution in [0.5, 0.6) is 5.75 Å². The van der Waals surface area contributed by atoms with Crippen LogP contribution < -0.4 is 0 Å². The number of phenolic OH excluding ortho intramolecular Hbond substituents is 1. The number of aliphatic hydroxyl groups is 1. The summed E-state index contributed by atoms with van der Waals surface area (Å²) in [6.45, 7) is 3.29. The van der Waals surface area contributed by atoms with Gasteiger partial charge in [-0.3, -0.25) is 0 Å². The molecule has 84 valence electrons. The molecule has 1 heterocycles. The molecule has 0 unspecified atom stereocenters. The molecule has 0 spiro atoms. The van der Waals surface area contributed by atoms with Gasteiger partial charge in [0.25, 0.3) is 0 Å². The summed E-state index contributed by atoms with van der Waals surface area (Å²) in [7, 11) is 0. The number of phenols is 1. The van der Waals surface area contributed by atoms with Gasteiger partial charge in [-0.25, -0.2) is 4.68 Å². The zero-order valence-corrected chi connectivity index (χ0v) is 9.12. The lowest BCUT2D eigenvalue weighted by Gasteiger charge is -2.11. The summed E-state index contributed by atoms with van der Waals surface area (Å²) >= 11 is 0. The highest BCUT2D eigenvalue weighted by Gasteiger charge is 2.20. The van der Waals surface area contributed by atoms with Crippen molar-refractivity contribution in [2.24, 2.45) is 0 Å². The van der Waals surface area contributed by atoms with Gasteiger partial charge in [-0.15, -0.1) is 5.10 Å². The van der Waals surface area contributed by atoms with Gasteiger partial charge in [-0.05, 0) is 26.0 Å². The monoisotopic (exact) mass is 219 g/mol. The molecule has 0 aliphatic carbocycles. The van der Waals surface area contributed by atoms with Gasteiger partial charge in [0.1, 0.15) is 17.0 Å². The van der Waals surface area contributed by atoms with E-state index in [-0.39, 0.29) is 5.75 Å². The fraction of sp³-hybridized carbons (Fsp3) is 0.273. The Balaban J connectivity index is 2.39. The normalized spacial score (nSPS) is 11.7. The molecule has 2 N–H and O–H groups in total. The molecule has 0 fully saturated rings. The van der Waals surface area contributed by atoms with Crippen molar-refractivity contribution in [1.29, 1.82) is 0 Å². The first-order chi connectivity index (χ1) is 7.47. The molecule has 16 heavy (non-hydrogen) atoms. The van der Waals surface area contributed by atoms with Crippen LogP contribution in [0, 0.1) is 0 Å². The fourth-order valence-electron chi connectivity index (χ4n) is 1.31. The second kappa shape index (κ2) is 3.61. The number of rotatable bonds is 2. The van der Waals surface area contributed by atoms with Gasteiger partial charge in [-0.2, -0.15) is 0 Å². The SMILES string of the molecule is CC(C)(O)c1cn(-c2cccc(O)c2)nn1. The van der Waals surface area contributed by atoms with E-state index < -0.39 is 5.60 Å². The van der Waals surface area contributed by atoms with Crippen LogP contribution in [-0.4, -0.2) is 25.2 Å². The lowest BCUT2D eigenvalue weighted by atomic mass is 10.1. The van der Waals surface area contributed by atoms with Crippen LogP contribution in [0.2, 0.25) is 0 Å². The Hall–Kier alpha value is -1.88. The lowest BCUT2D eigenvalue weighted by Crippen LogP contribution is -2.15. The highest BCUT2D eigenvalue weighted by atomic mass is 16.3. The van der Waals surface area contributed by atoms with E-state index in [0.29, 0.717) is 11.4 Å². The largest absolute Gasteiger partial charge is 0.508 e. The summed E-state index contributed by atoms with van der Waals surface area (Å²) in [5, 5.41) is 26.8. The second-order valence-electron chi connectivity index (χ2n) is 4.13. The minimum Gasteiger partial charge on any atom is -0.508 e. The second-order valence-corrected chi connectivity index (χ2v) is 4.13. The van der Waals surface area contributed by atoms with Crippen molar-refractivity contribution in [3.05, 3.63) is 36.2 Å². The summed E-state index contributed by atoms with van der Waals surface area (Å²) < 4.78 is 1.51. The number of aromatic nitrogens is 3. The molecule has 5 heteroatoms. The molecule has 2 rings (SSSR count). The zero-order valence-electron chi connectivity index (χ0n) is 9.12. The van der Waals surface area contributed by atoms with Crippen LogP contribution >= 0.6 is 0 Å². The van der Waals surface area contributed by atoms with Crippen LogP contribution in [0.15, 0.2) is 30.5 Å². The molecule has 0 radical (unpaired) electrons. The number of hydrogen-bond acceptors (Lipinski definition) is 4. The highest BCUT2D eigenvalue weighted by molar-refractivity contribution is 5.37. The van der Waals surface area contributed by atoms with Crippen LogP contribution in [0.4, 0.5) is 0 Å². The first-order valence-electron chi connectivity index (χ1n) is 4.91. The average molecular weight is 219 g/mol. The Morgan fingerprint density at radius 2 is 2.06 bits per heavy atom. The van der Waals surface area contributed by atoms with Gasteiger partial charge in [0, 0.05) is 6.07 Å². The molecule has 1 aromatic carbocycles. The molecular formula is C11H13N3O2. The van der Waals surface area contributed by atoms with E-state index in [0.717, 1.165) is 0 Å². The first-order valence-corrected chi connectivity index (χ1v) is 4.91. The van der Waals surface area contributed by atoms with E-state index in [4.69, 9.17) is 0 Å². The van der Waals surface area contributed by atoms with Crippen molar-refractivity contribution in [3.63, 3.8) is 0 Å². The van der Waals surface area contributed by atoms with E-state index >= 15 is 0 Å². The summed E-state index contributed by atoms with van der Waals surface area (Å²) in [6, 6.07) is 6.67. The topological polar surface area (TPSA) is 71.2 Å². The standard InChI is InChI=1S/C11H13N3O2/c1-11(2,16)10-7-14(13-12-10)8-4-3-5-9(15)6-8/h3-7,15-16H,1-2H3. The molecule has 0 amide bonds. The predicted molar refractivity (Wildman–Crippen MR) is 58.3 cm³/mol. The molecule has 0 bridgehead atoms. The Bertz CT molecular complexity index is 500. The van der Waals surface area contributed by atoms with Crippen molar-refractivity contribution < 1.29 is 10.2 Å². The molecule has 0 aliphatic rings. The Kier molecular flexibility index (Phi) is 2.40. The maximum Gasteiger partial charge on any atom is 0.117 e. The molecule has 2 aromatic rings. The van der Waals surface area contributed by atoms with Gasteiger partial charge in [0.2, 0.25) is 0 Å². The van der Waals surface area contributed by atoms with Crippen LogP contribution in [0.25, 0.3) is 5.69 Å². The molecule has 0 saturated carbocycles. The first kappa shape index (κ1) is 10.6. The third-order valence-corrected chi connectivity index (χ3v) is 2.21. The highest BCUT2D eigenvalue weighted by Crippen LogP contribution is 2.19. The number of nitrogens with zero attached hydrogens (tertiary/aromatic N) is 3. The van der Waals surface area contributed by atoms with Crippen molar-refractivity contribution in [1.82, 2.24) is 15.0 Å². The molecular weight excluding hydrogens is 206 g/mol. The third kappa shape index (κ3) is 2.04. The summed E-state index contributed by atoms with van der Waals surface area (Å²) in [6.07, 6.45) is 1.63. The van der Waals surface area contributed by atoms with Crippen LogP contribution in [0.3, 0.4) is 0 Å². The third-order valence-electron chi connectivity index (χ3n) is 2.21. The molecule has 0 aliphatic heterocycles. The predicted octanol–water partition coefficient (Wildman–Crippen LogP) is 1.20. The summed E-state index contributed by atoms with van der Waals surface area (Å²) in [5.41, 5.74) is 0.161. The quantitative estimate of drug-likeness (QED) is 0.796. The van der Waals surface area contributed by atoms with Crippen LogP contribution in [-0.2, 0) is 5.60 Å². The van der Waals surface area contributed by atoms with Gasteiger partial charge >= 0.3 is 0 Å². The molecule has 5 nitrogen and oxygen atoms in total. The van der Waals surface area contributed by atoms with Gasteiger partial charge < -0.3 is 10.2 Å². The van der Waals surface area contributed by atoms with Crippen molar-refractivity contribution >= 4 is 0 Å². The Labute approximate surface area is 93.0 Å².